The molecule has 6 heteroatoms. The molecule has 1 aliphatic heterocycles. The second-order valence-electron chi connectivity index (χ2n) is 5.32. The molecule has 1 saturated heterocycles. The minimum atomic E-state index is -0.575. The van der Waals surface area contributed by atoms with Crippen LogP contribution in [0.4, 0.5) is 10.1 Å². The van der Waals surface area contributed by atoms with Gasteiger partial charge in [0.1, 0.15) is 5.82 Å². The molecule has 0 spiro atoms. The number of rotatable bonds is 7. The SMILES string of the molecule is CCCNCCNC(=O)c1cc(N2CCCC2=O)ccc1F. The lowest BCUT2D eigenvalue weighted by Gasteiger charge is -2.17. The van der Waals surface area contributed by atoms with Crippen molar-refractivity contribution >= 4 is 17.5 Å². The van der Waals surface area contributed by atoms with Crippen molar-refractivity contribution in [3.8, 4) is 0 Å². The van der Waals surface area contributed by atoms with Crippen LogP contribution in [-0.4, -0.2) is 38.0 Å². The van der Waals surface area contributed by atoms with Gasteiger partial charge in [0, 0.05) is 31.7 Å². The fourth-order valence-corrected chi connectivity index (χ4v) is 2.44. The van der Waals surface area contributed by atoms with E-state index < -0.39 is 11.7 Å². The summed E-state index contributed by atoms with van der Waals surface area (Å²) in [4.78, 5) is 25.4. The Labute approximate surface area is 129 Å². The zero-order valence-electron chi connectivity index (χ0n) is 12.8. The largest absolute Gasteiger partial charge is 0.351 e. The van der Waals surface area contributed by atoms with Gasteiger partial charge in [0.15, 0.2) is 0 Å². The van der Waals surface area contributed by atoms with Gasteiger partial charge in [-0.1, -0.05) is 6.92 Å². The van der Waals surface area contributed by atoms with Gasteiger partial charge >= 0.3 is 0 Å². The van der Waals surface area contributed by atoms with Gasteiger partial charge in [0.2, 0.25) is 5.91 Å². The molecule has 0 radical (unpaired) electrons. The molecule has 2 rings (SSSR count). The van der Waals surface area contributed by atoms with Crippen molar-refractivity contribution in [3.63, 3.8) is 0 Å². The summed E-state index contributed by atoms with van der Waals surface area (Å²) in [6.07, 6.45) is 2.32. The number of halogens is 1. The monoisotopic (exact) mass is 307 g/mol. The minimum absolute atomic E-state index is 0.0155. The molecule has 0 atom stereocenters. The van der Waals surface area contributed by atoms with Crippen LogP contribution in [0.15, 0.2) is 18.2 Å². The Morgan fingerprint density at radius 3 is 2.82 bits per heavy atom. The van der Waals surface area contributed by atoms with E-state index in [0.29, 0.717) is 31.7 Å². The molecule has 0 saturated carbocycles. The summed E-state index contributed by atoms with van der Waals surface area (Å²) in [5.41, 5.74) is 0.561. The van der Waals surface area contributed by atoms with Crippen LogP contribution in [0, 0.1) is 5.82 Å². The van der Waals surface area contributed by atoms with Crippen molar-refractivity contribution in [2.45, 2.75) is 26.2 Å². The van der Waals surface area contributed by atoms with Crippen LogP contribution in [0.25, 0.3) is 0 Å². The van der Waals surface area contributed by atoms with E-state index in [0.717, 1.165) is 19.4 Å². The molecule has 0 aromatic heterocycles. The molecule has 1 aromatic rings. The van der Waals surface area contributed by atoms with Crippen molar-refractivity contribution < 1.29 is 14.0 Å². The molecule has 5 nitrogen and oxygen atoms in total. The zero-order valence-corrected chi connectivity index (χ0v) is 12.8. The number of nitrogens with zero attached hydrogens (tertiary/aromatic N) is 1. The quantitative estimate of drug-likeness (QED) is 0.754. The van der Waals surface area contributed by atoms with Gasteiger partial charge < -0.3 is 15.5 Å². The Bertz CT molecular complexity index is 548. The Kier molecular flexibility index (Phi) is 5.89. The van der Waals surface area contributed by atoms with Crippen LogP contribution in [0.1, 0.15) is 36.5 Å². The Morgan fingerprint density at radius 2 is 2.14 bits per heavy atom. The highest BCUT2D eigenvalue weighted by atomic mass is 19.1. The van der Waals surface area contributed by atoms with E-state index in [-0.39, 0.29) is 11.5 Å². The lowest BCUT2D eigenvalue weighted by Crippen LogP contribution is -2.32. The van der Waals surface area contributed by atoms with Gasteiger partial charge in [-0.25, -0.2) is 4.39 Å². The van der Waals surface area contributed by atoms with Crippen LogP contribution in [-0.2, 0) is 4.79 Å². The summed E-state index contributed by atoms with van der Waals surface area (Å²) in [7, 11) is 0. The van der Waals surface area contributed by atoms with E-state index in [4.69, 9.17) is 0 Å². The predicted octanol–water partition coefficient (Wildman–Crippen LogP) is 1.68. The molecule has 0 bridgehead atoms. The standard InChI is InChI=1S/C16H22FN3O2/c1-2-7-18-8-9-19-16(22)13-11-12(5-6-14(13)17)20-10-3-4-15(20)21/h5-6,11,18H,2-4,7-10H2,1H3,(H,19,22). The minimum Gasteiger partial charge on any atom is -0.351 e. The van der Waals surface area contributed by atoms with Crippen molar-refractivity contribution in [2.24, 2.45) is 0 Å². The smallest absolute Gasteiger partial charge is 0.254 e. The maximum absolute atomic E-state index is 13.9. The molecule has 1 aromatic carbocycles. The highest BCUT2D eigenvalue weighted by molar-refractivity contribution is 5.99. The molecular weight excluding hydrogens is 285 g/mol. The highest BCUT2D eigenvalue weighted by Gasteiger charge is 2.23. The first-order chi connectivity index (χ1) is 10.6. The summed E-state index contributed by atoms with van der Waals surface area (Å²) in [6, 6.07) is 4.23. The van der Waals surface area contributed by atoms with E-state index in [1.807, 2.05) is 0 Å². The first-order valence-corrected chi connectivity index (χ1v) is 7.72. The van der Waals surface area contributed by atoms with Crippen LogP contribution >= 0.6 is 0 Å². The van der Waals surface area contributed by atoms with Crippen LogP contribution < -0.4 is 15.5 Å². The number of carbonyl (C=O) groups excluding carboxylic acids is 2. The number of carbonyl (C=O) groups is 2. The molecule has 2 N–H and O–H groups in total. The molecule has 0 unspecified atom stereocenters. The van der Waals surface area contributed by atoms with Crippen molar-refractivity contribution in [3.05, 3.63) is 29.6 Å². The van der Waals surface area contributed by atoms with E-state index in [1.54, 1.807) is 4.90 Å². The average molecular weight is 307 g/mol. The predicted molar refractivity (Wildman–Crippen MR) is 83.5 cm³/mol. The summed E-state index contributed by atoms with van der Waals surface area (Å²) in [5, 5.41) is 5.84. The highest BCUT2D eigenvalue weighted by Crippen LogP contribution is 2.23. The Balaban J connectivity index is 2.00. The third kappa shape index (κ3) is 4.04. The fraction of sp³-hybridized carbons (Fsp3) is 0.500. The first kappa shape index (κ1) is 16.4. The number of hydrogen-bond acceptors (Lipinski definition) is 3. The van der Waals surface area contributed by atoms with Gasteiger partial charge in [0.05, 0.1) is 5.56 Å². The van der Waals surface area contributed by atoms with Crippen molar-refractivity contribution in [1.82, 2.24) is 10.6 Å². The van der Waals surface area contributed by atoms with Gasteiger partial charge in [-0.2, -0.15) is 0 Å². The molecule has 2 amide bonds. The van der Waals surface area contributed by atoms with Crippen molar-refractivity contribution in [1.29, 1.82) is 0 Å². The second-order valence-corrected chi connectivity index (χ2v) is 5.32. The van der Waals surface area contributed by atoms with Crippen LogP contribution in [0.3, 0.4) is 0 Å². The zero-order chi connectivity index (χ0) is 15.9. The number of hydrogen-bond donors (Lipinski definition) is 2. The summed E-state index contributed by atoms with van der Waals surface area (Å²) in [6.45, 7) is 4.64. The van der Waals surface area contributed by atoms with Gasteiger partial charge in [-0.3, -0.25) is 9.59 Å². The van der Waals surface area contributed by atoms with E-state index >= 15 is 0 Å². The van der Waals surface area contributed by atoms with Crippen LogP contribution in [0.2, 0.25) is 0 Å². The lowest BCUT2D eigenvalue weighted by molar-refractivity contribution is -0.117. The number of benzene rings is 1. The molecule has 22 heavy (non-hydrogen) atoms. The van der Waals surface area contributed by atoms with Gasteiger partial charge in [-0.05, 0) is 37.6 Å². The van der Waals surface area contributed by atoms with Crippen molar-refractivity contribution in [2.75, 3.05) is 31.1 Å². The van der Waals surface area contributed by atoms with E-state index in [9.17, 15) is 14.0 Å². The number of amides is 2. The molecule has 0 aliphatic carbocycles. The maximum Gasteiger partial charge on any atom is 0.254 e. The normalized spacial score (nSPS) is 14.5. The third-order valence-electron chi connectivity index (χ3n) is 3.59. The molecule has 120 valence electrons. The number of nitrogens with one attached hydrogen (secondary N) is 2. The number of anilines is 1. The Morgan fingerprint density at radius 1 is 1.32 bits per heavy atom. The molecule has 1 heterocycles. The molecular formula is C16H22FN3O2. The van der Waals surface area contributed by atoms with E-state index in [1.165, 1.54) is 18.2 Å². The molecule has 1 aliphatic rings. The average Bonchev–Trinajstić information content (AvgIpc) is 2.93. The van der Waals surface area contributed by atoms with Gasteiger partial charge in [-0.15, -0.1) is 0 Å². The summed E-state index contributed by atoms with van der Waals surface area (Å²) < 4.78 is 13.9. The van der Waals surface area contributed by atoms with Gasteiger partial charge in [0.25, 0.3) is 5.91 Å². The summed E-state index contributed by atoms with van der Waals surface area (Å²) in [5.74, 6) is -1.01. The van der Waals surface area contributed by atoms with Crippen LogP contribution in [0.5, 0.6) is 0 Å². The first-order valence-electron chi connectivity index (χ1n) is 7.72. The fourth-order valence-electron chi connectivity index (χ4n) is 2.44. The summed E-state index contributed by atoms with van der Waals surface area (Å²) >= 11 is 0. The lowest BCUT2D eigenvalue weighted by atomic mass is 10.1. The second kappa shape index (κ2) is 7.89. The topological polar surface area (TPSA) is 61.4 Å². The van der Waals surface area contributed by atoms with E-state index in [2.05, 4.69) is 17.6 Å². The molecule has 1 fully saturated rings. The maximum atomic E-state index is 13.9. The third-order valence-corrected chi connectivity index (χ3v) is 3.59. The Hall–Kier alpha value is -1.95.